The van der Waals surface area contributed by atoms with Crippen molar-refractivity contribution in [1.82, 2.24) is 4.90 Å². The number of hydrogen-bond donors (Lipinski definition) is 1. The van der Waals surface area contributed by atoms with Crippen molar-refractivity contribution in [2.24, 2.45) is 10.7 Å². The smallest absolute Gasteiger partial charge is 0.123 e. The van der Waals surface area contributed by atoms with Crippen molar-refractivity contribution in [2.75, 3.05) is 6.54 Å². The lowest BCUT2D eigenvalue weighted by Crippen LogP contribution is -2.36. The van der Waals surface area contributed by atoms with Crippen LogP contribution in [0.25, 0.3) is 0 Å². The van der Waals surface area contributed by atoms with Gasteiger partial charge in [-0.1, -0.05) is 6.58 Å². The Bertz CT molecular complexity index is 194. The third-order valence-electron chi connectivity index (χ3n) is 1.84. The van der Waals surface area contributed by atoms with Gasteiger partial charge >= 0.3 is 0 Å². The molecule has 1 aliphatic rings. The van der Waals surface area contributed by atoms with Crippen LogP contribution in [0.15, 0.2) is 17.4 Å². The Labute approximate surface area is 67.6 Å². The summed E-state index contributed by atoms with van der Waals surface area (Å²) in [6, 6.07) is 0.472. The van der Waals surface area contributed by atoms with Gasteiger partial charge in [0.15, 0.2) is 0 Å². The Kier molecular flexibility index (Phi) is 2.17. The molecule has 0 fully saturated rings. The van der Waals surface area contributed by atoms with E-state index in [-0.39, 0.29) is 0 Å². The fourth-order valence-electron chi connectivity index (χ4n) is 1.21. The van der Waals surface area contributed by atoms with Crippen LogP contribution in [0, 0.1) is 0 Å². The Morgan fingerprint density at radius 1 is 1.64 bits per heavy atom. The normalized spacial score (nSPS) is 19.0. The van der Waals surface area contributed by atoms with E-state index in [1.807, 2.05) is 0 Å². The lowest BCUT2D eigenvalue weighted by Gasteiger charge is -2.31. The summed E-state index contributed by atoms with van der Waals surface area (Å²) < 4.78 is 0. The van der Waals surface area contributed by atoms with Crippen LogP contribution >= 0.6 is 0 Å². The molecule has 2 N–H and O–H groups in total. The van der Waals surface area contributed by atoms with Crippen LogP contribution < -0.4 is 5.73 Å². The molecule has 0 aliphatic carbocycles. The highest BCUT2D eigenvalue weighted by Crippen LogP contribution is 2.13. The molecule has 0 spiro atoms. The van der Waals surface area contributed by atoms with Crippen molar-refractivity contribution in [3.8, 4) is 0 Å². The molecule has 62 valence electrons. The van der Waals surface area contributed by atoms with E-state index in [4.69, 9.17) is 5.73 Å². The molecule has 0 saturated carbocycles. The van der Waals surface area contributed by atoms with E-state index in [1.165, 1.54) is 0 Å². The van der Waals surface area contributed by atoms with E-state index in [1.54, 1.807) is 0 Å². The van der Waals surface area contributed by atoms with Gasteiger partial charge < -0.3 is 10.6 Å². The highest BCUT2D eigenvalue weighted by atomic mass is 15.3. The standard InChI is InChI=1S/C8H15N3/c1-6(2)11-5-4-8(9)10-7(11)3/h6H,3-5H2,1-2H3,(H2,9,10). The maximum Gasteiger partial charge on any atom is 0.123 e. The molecule has 0 atom stereocenters. The summed E-state index contributed by atoms with van der Waals surface area (Å²) in [4.78, 5) is 6.26. The van der Waals surface area contributed by atoms with Crippen LogP contribution in [0.4, 0.5) is 0 Å². The quantitative estimate of drug-likeness (QED) is 0.609. The SMILES string of the molecule is C=C1N=C(N)CCN1C(C)C. The zero-order valence-electron chi connectivity index (χ0n) is 7.17. The van der Waals surface area contributed by atoms with E-state index in [2.05, 4.69) is 30.3 Å². The van der Waals surface area contributed by atoms with Gasteiger partial charge in [0.2, 0.25) is 0 Å². The minimum atomic E-state index is 0.472. The molecule has 0 amide bonds. The molecule has 1 heterocycles. The zero-order chi connectivity index (χ0) is 8.43. The van der Waals surface area contributed by atoms with Crippen molar-refractivity contribution in [2.45, 2.75) is 26.3 Å². The topological polar surface area (TPSA) is 41.6 Å². The van der Waals surface area contributed by atoms with Crippen molar-refractivity contribution >= 4 is 5.84 Å². The van der Waals surface area contributed by atoms with Gasteiger partial charge in [0, 0.05) is 19.0 Å². The fraction of sp³-hybridized carbons (Fsp3) is 0.625. The number of rotatable bonds is 1. The first-order chi connectivity index (χ1) is 5.11. The summed E-state index contributed by atoms with van der Waals surface area (Å²) in [5, 5.41) is 0. The zero-order valence-corrected chi connectivity index (χ0v) is 7.17. The van der Waals surface area contributed by atoms with Crippen LogP contribution in [0.3, 0.4) is 0 Å². The van der Waals surface area contributed by atoms with Crippen molar-refractivity contribution in [3.05, 3.63) is 12.4 Å². The monoisotopic (exact) mass is 153 g/mol. The van der Waals surface area contributed by atoms with Crippen molar-refractivity contribution < 1.29 is 0 Å². The molecule has 0 aromatic rings. The highest BCUT2D eigenvalue weighted by molar-refractivity contribution is 5.82. The number of nitrogens with zero attached hydrogens (tertiary/aromatic N) is 2. The molecule has 0 bridgehead atoms. The summed E-state index contributed by atoms with van der Waals surface area (Å²) in [6.07, 6.45) is 0.858. The molecule has 0 aromatic carbocycles. The van der Waals surface area contributed by atoms with Crippen LogP contribution in [0.2, 0.25) is 0 Å². The lowest BCUT2D eigenvalue weighted by atomic mass is 10.2. The Balaban J connectivity index is 2.68. The van der Waals surface area contributed by atoms with E-state index in [0.29, 0.717) is 11.9 Å². The predicted octanol–water partition coefficient (Wildman–Crippen LogP) is 0.929. The third kappa shape index (κ3) is 1.73. The van der Waals surface area contributed by atoms with Crippen LogP contribution in [0.1, 0.15) is 20.3 Å². The van der Waals surface area contributed by atoms with Gasteiger partial charge in [-0.3, -0.25) is 0 Å². The van der Waals surface area contributed by atoms with Crippen molar-refractivity contribution in [3.63, 3.8) is 0 Å². The minimum Gasteiger partial charge on any atom is -0.387 e. The molecule has 1 aliphatic heterocycles. The maximum atomic E-state index is 5.55. The number of amidine groups is 1. The molecular formula is C8H15N3. The van der Waals surface area contributed by atoms with Crippen molar-refractivity contribution in [1.29, 1.82) is 0 Å². The average molecular weight is 153 g/mol. The van der Waals surface area contributed by atoms with E-state index < -0.39 is 0 Å². The van der Waals surface area contributed by atoms with Gasteiger partial charge in [0.1, 0.15) is 11.7 Å². The molecule has 3 nitrogen and oxygen atoms in total. The molecular weight excluding hydrogens is 138 g/mol. The first-order valence-electron chi connectivity index (χ1n) is 3.90. The largest absolute Gasteiger partial charge is 0.387 e. The summed E-state index contributed by atoms with van der Waals surface area (Å²) >= 11 is 0. The second kappa shape index (κ2) is 2.95. The second-order valence-corrected chi connectivity index (χ2v) is 3.06. The highest BCUT2D eigenvalue weighted by Gasteiger charge is 2.15. The molecule has 3 heteroatoms. The van der Waals surface area contributed by atoms with Gasteiger partial charge in [-0.15, -0.1) is 0 Å². The molecule has 0 aromatic heterocycles. The summed E-state index contributed by atoms with van der Waals surface area (Å²) in [5.74, 6) is 1.50. The van der Waals surface area contributed by atoms with Crippen LogP contribution in [-0.2, 0) is 0 Å². The molecule has 0 unspecified atom stereocenters. The van der Waals surface area contributed by atoms with E-state index in [9.17, 15) is 0 Å². The summed E-state index contributed by atoms with van der Waals surface area (Å²) in [5.41, 5.74) is 5.55. The van der Waals surface area contributed by atoms with Gasteiger partial charge in [0.05, 0.1) is 0 Å². The van der Waals surface area contributed by atoms with Gasteiger partial charge in [-0.2, -0.15) is 0 Å². The fourth-order valence-corrected chi connectivity index (χ4v) is 1.21. The van der Waals surface area contributed by atoms with E-state index in [0.717, 1.165) is 18.8 Å². The number of hydrogen-bond acceptors (Lipinski definition) is 3. The molecule has 0 saturated heterocycles. The second-order valence-electron chi connectivity index (χ2n) is 3.06. The summed E-state index contributed by atoms with van der Waals surface area (Å²) in [7, 11) is 0. The molecule has 1 rings (SSSR count). The first-order valence-corrected chi connectivity index (χ1v) is 3.90. The lowest BCUT2D eigenvalue weighted by molar-refractivity contribution is 0.282. The van der Waals surface area contributed by atoms with Gasteiger partial charge in [0.25, 0.3) is 0 Å². The Morgan fingerprint density at radius 3 is 2.73 bits per heavy atom. The van der Waals surface area contributed by atoms with Gasteiger partial charge in [-0.25, -0.2) is 4.99 Å². The van der Waals surface area contributed by atoms with Crippen LogP contribution in [0.5, 0.6) is 0 Å². The molecule has 0 radical (unpaired) electrons. The third-order valence-corrected chi connectivity index (χ3v) is 1.84. The predicted molar refractivity (Wildman–Crippen MR) is 47.2 cm³/mol. The van der Waals surface area contributed by atoms with E-state index >= 15 is 0 Å². The minimum absolute atomic E-state index is 0.472. The number of aliphatic imine (C=N–C) groups is 1. The first kappa shape index (κ1) is 8.11. The van der Waals surface area contributed by atoms with Crippen LogP contribution in [-0.4, -0.2) is 23.3 Å². The Hall–Kier alpha value is -0.990. The number of nitrogens with two attached hydrogens (primary N) is 1. The maximum absolute atomic E-state index is 5.55. The average Bonchev–Trinajstić information content (AvgIpc) is 1.85. The Morgan fingerprint density at radius 2 is 2.27 bits per heavy atom. The van der Waals surface area contributed by atoms with Gasteiger partial charge in [-0.05, 0) is 13.8 Å². The molecule has 11 heavy (non-hydrogen) atoms. The summed E-state index contributed by atoms with van der Waals surface area (Å²) in [6.45, 7) is 9.03.